The van der Waals surface area contributed by atoms with Crippen LogP contribution in [0.15, 0.2) is 22.7 Å². The van der Waals surface area contributed by atoms with Gasteiger partial charge < -0.3 is 16.4 Å². The largest absolute Gasteiger partial charge is 0.381 e. The van der Waals surface area contributed by atoms with Crippen molar-refractivity contribution in [1.82, 2.24) is 0 Å². The van der Waals surface area contributed by atoms with Crippen LogP contribution in [0.1, 0.15) is 19.8 Å². The van der Waals surface area contributed by atoms with Gasteiger partial charge in [-0.25, -0.2) is 0 Å². The molecule has 18 heavy (non-hydrogen) atoms. The third kappa shape index (κ3) is 3.46. The molecule has 0 aromatic heterocycles. The van der Waals surface area contributed by atoms with E-state index >= 15 is 0 Å². The number of hydrogen-bond acceptors (Lipinski definition) is 3. The predicted molar refractivity (Wildman–Crippen MR) is 77.6 cm³/mol. The molecule has 1 atom stereocenters. The maximum Gasteiger partial charge on any atom is 0.228 e. The van der Waals surface area contributed by atoms with E-state index in [-0.39, 0.29) is 11.8 Å². The SMILES string of the molecule is CC(CN)C(=O)Nc1cc(Br)ccc1NC1CC1. The fraction of sp³-hybridized carbons (Fsp3) is 0.462. The van der Waals surface area contributed by atoms with Crippen molar-refractivity contribution in [2.75, 3.05) is 17.2 Å². The van der Waals surface area contributed by atoms with Crippen LogP contribution in [-0.2, 0) is 4.79 Å². The Morgan fingerprint density at radius 3 is 2.83 bits per heavy atom. The Labute approximate surface area is 115 Å². The molecule has 1 aromatic carbocycles. The van der Waals surface area contributed by atoms with E-state index in [9.17, 15) is 4.79 Å². The molecule has 0 aliphatic heterocycles. The fourth-order valence-corrected chi connectivity index (χ4v) is 1.92. The van der Waals surface area contributed by atoms with Crippen molar-refractivity contribution in [3.63, 3.8) is 0 Å². The number of nitrogens with two attached hydrogens (primary N) is 1. The molecule has 4 nitrogen and oxygen atoms in total. The molecule has 1 aliphatic rings. The Morgan fingerprint density at radius 1 is 1.50 bits per heavy atom. The maximum absolute atomic E-state index is 11.9. The van der Waals surface area contributed by atoms with Crippen LogP contribution < -0.4 is 16.4 Å². The van der Waals surface area contributed by atoms with Gasteiger partial charge in [0.15, 0.2) is 0 Å². The first-order valence-corrected chi connectivity index (χ1v) is 6.96. The lowest BCUT2D eigenvalue weighted by molar-refractivity contribution is -0.119. The first-order chi connectivity index (χ1) is 8.60. The molecule has 0 spiro atoms. The van der Waals surface area contributed by atoms with Crippen LogP contribution in [-0.4, -0.2) is 18.5 Å². The zero-order chi connectivity index (χ0) is 13.1. The molecular weight excluding hydrogens is 294 g/mol. The number of rotatable bonds is 5. The standard InChI is InChI=1S/C13H18BrN3O/c1-8(7-15)13(18)17-12-6-9(14)2-5-11(12)16-10-3-4-10/h2,5-6,8,10,16H,3-4,7,15H2,1H3,(H,17,18). The van der Waals surface area contributed by atoms with Gasteiger partial charge in [0.05, 0.1) is 11.4 Å². The molecule has 1 unspecified atom stereocenters. The summed E-state index contributed by atoms with van der Waals surface area (Å²) in [5.74, 6) is -0.229. The highest BCUT2D eigenvalue weighted by molar-refractivity contribution is 9.10. The summed E-state index contributed by atoms with van der Waals surface area (Å²) >= 11 is 3.42. The summed E-state index contributed by atoms with van der Waals surface area (Å²) in [7, 11) is 0. The first kappa shape index (κ1) is 13.4. The molecule has 1 fully saturated rings. The normalized spacial score (nSPS) is 16.2. The second kappa shape index (κ2) is 5.71. The predicted octanol–water partition coefficient (Wildman–Crippen LogP) is 2.56. The fourth-order valence-electron chi connectivity index (χ4n) is 1.56. The molecule has 1 saturated carbocycles. The van der Waals surface area contributed by atoms with Crippen molar-refractivity contribution in [2.45, 2.75) is 25.8 Å². The summed E-state index contributed by atoms with van der Waals surface area (Å²) in [5.41, 5.74) is 7.28. The van der Waals surface area contributed by atoms with Gasteiger partial charge in [-0.2, -0.15) is 0 Å². The van der Waals surface area contributed by atoms with E-state index < -0.39 is 0 Å². The Morgan fingerprint density at radius 2 is 2.22 bits per heavy atom. The van der Waals surface area contributed by atoms with Crippen LogP contribution in [0.2, 0.25) is 0 Å². The van der Waals surface area contributed by atoms with Gasteiger partial charge in [0.2, 0.25) is 5.91 Å². The second-order valence-corrected chi connectivity index (χ2v) is 5.65. The highest BCUT2D eigenvalue weighted by atomic mass is 79.9. The summed E-state index contributed by atoms with van der Waals surface area (Å²) < 4.78 is 0.944. The van der Waals surface area contributed by atoms with Crippen molar-refractivity contribution in [3.8, 4) is 0 Å². The van der Waals surface area contributed by atoms with Crippen LogP contribution in [0, 0.1) is 5.92 Å². The number of carbonyl (C=O) groups excluding carboxylic acids is 1. The van der Waals surface area contributed by atoms with Crippen LogP contribution in [0.4, 0.5) is 11.4 Å². The van der Waals surface area contributed by atoms with Crippen molar-refractivity contribution in [3.05, 3.63) is 22.7 Å². The average molecular weight is 312 g/mol. The van der Waals surface area contributed by atoms with Crippen molar-refractivity contribution in [1.29, 1.82) is 0 Å². The summed E-state index contributed by atoms with van der Waals surface area (Å²) in [6, 6.07) is 6.40. The van der Waals surface area contributed by atoms with E-state index in [1.807, 2.05) is 25.1 Å². The van der Waals surface area contributed by atoms with Gasteiger partial charge in [-0.3, -0.25) is 4.79 Å². The van der Waals surface area contributed by atoms with Crippen LogP contribution in [0.3, 0.4) is 0 Å². The molecule has 0 heterocycles. The zero-order valence-electron chi connectivity index (χ0n) is 10.4. The van der Waals surface area contributed by atoms with E-state index in [1.165, 1.54) is 12.8 Å². The number of hydrogen-bond donors (Lipinski definition) is 3. The summed E-state index contributed by atoms with van der Waals surface area (Å²) in [4.78, 5) is 11.9. The molecule has 0 radical (unpaired) electrons. The number of amides is 1. The van der Waals surface area contributed by atoms with E-state index in [2.05, 4.69) is 26.6 Å². The average Bonchev–Trinajstić information content (AvgIpc) is 3.15. The van der Waals surface area contributed by atoms with Crippen LogP contribution in [0.5, 0.6) is 0 Å². The minimum Gasteiger partial charge on any atom is -0.381 e. The molecular formula is C13H18BrN3O. The van der Waals surface area contributed by atoms with E-state index in [4.69, 9.17) is 5.73 Å². The Bertz CT molecular complexity index is 446. The molecule has 4 N–H and O–H groups in total. The quantitative estimate of drug-likeness (QED) is 0.783. The number of halogens is 1. The molecule has 1 amide bonds. The Hall–Kier alpha value is -1.07. The highest BCUT2D eigenvalue weighted by Crippen LogP contribution is 2.31. The van der Waals surface area contributed by atoms with Gasteiger partial charge in [0.25, 0.3) is 0 Å². The van der Waals surface area contributed by atoms with Crippen molar-refractivity contribution < 1.29 is 4.79 Å². The van der Waals surface area contributed by atoms with Gasteiger partial charge in [0, 0.05) is 23.0 Å². The Kier molecular flexibility index (Phi) is 4.24. The highest BCUT2D eigenvalue weighted by Gasteiger charge is 2.22. The lowest BCUT2D eigenvalue weighted by Crippen LogP contribution is -2.27. The molecule has 98 valence electrons. The zero-order valence-corrected chi connectivity index (χ0v) is 12.0. The number of anilines is 2. The molecule has 0 bridgehead atoms. The van der Waals surface area contributed by atoms with Crippen LogP contribution in [0.25, 0.3) is 0 Å². The minimum absolute atomic E-state index is 0.0468. The van der Waals surface area contributed by atoms with E-state index in [0.717, 1.165) is 15.8 Å². The van der Waals surface area contributed by atoms with E-state index in [0.29, 0.717) is 12.6 Å². The van der Waals surface area contributed by atoms with Gasteiger partial charge in [-0.1, -0.05) is 22.9 Å². The smallest absolute Gasteiger partial charge is 0.228 e. The van der Waals surface area contributed by atoms with Crippen LogP contribution >= 0.6 is 15.9 Å². The van der Waals surface area contributed by atoms with Gasteiger partial charge >= 0.3 is 0 Å². The number of nitrogens with one attached hydrogen (secondary N) is 2. The summed E-state index contributed by atoms with van der Waals surface area (Å²) in [5, 5.41) is 6.33. The number of carbonyl (C=O) groups is 1. The first-order valence-electron chi connectivity index (χ1n) is 6.17. The topological polar surface area (TPSA) is 67.2 Å². The molecule has 2 rings (SSSR count). The summed E-state index contributed by atoms with van der Waals surface area (Å²) in [6.45, 7) is 2.17. The number of benzene rings is 1. The van der Waals surface area contributed by atoms with Crippen molar-refractivity contribution >= 4 is 33.2 Å². The molecule has 1 aliphatic carbocycles. The summed E-state index contributed by atoms with van der Waals surface area (Å²) in [6.07, 6.45) is 2.39. The molecule has 0 saturated heterocycles. The molecule has 1 aromatic rings. The lowest BCUT2D eigenvalue weighted by atomic mass is 10.1. The minimum atomic E-state index is -0.183. The van der Waals surface area contributed by atoms with E-state index in [1.54, 1.807) is 0 Å². The van der Waals surface area contributed by atoms with Gasteiger partial charge in [0.1, 0.15) is 0 Å². The monoisotopic (exact) mass is 311 g/mol. The lowest BCUT2D eigenvalue weighted by Gasteiger charge is -2.15. The Balaban J connectivity index is 2.13. The van der Waals surface area contributed by atoms with Gasteiger partial charge in [-0.05, 0) is 31.0 Å². The second-order valence-electron chi connectivity index (χ2n) is 4.73. The third-order valence-electron chi connectivity index (χ3n) is 2.98. The maximum atomic E-state index is 11.9. The third-order valence-corrected chi connectivity index (χ3v) is 3.47. The molecule has 5 heteroatoms. The van der Waals surface area contributed by atoms with Crippen molar-refractivity contribution in [2.24, 2.45) is 11.7 Å². The van der Waals surface area contributed by atoms with Gasteiger partial charge in [-0.15, -0.1) is 0 Å².